The van der Waals surface area contributed by atoms with Gasteiger partial charge in [-0.25, -0.2) is 0 Å². The Balaban J connectivity index is 0.927. The van der Waals surface area contributed by atoms with Crippen LogP contribution in [0.1, 0.15) is 62.4 Å². The topological polar surface area (TPSA) is 132 Å². The first kappa shape index (κ1) is 47.6. The van der Waals surface area contributed by atoms with Crippen molar-refractivity contribution in [1.82, 2.24) is 10.6 Å². The van der Waals surface area contributed by atoms with Gasteiger partial charge >= 0.3 is 0 Å². The second kappa shape index (κ2) is 22.3. The fraction of sp³-hybridized carbons (Fsp3) is 0.241. The molecule has 0 spiro atoms. The van der Waals surface area contributed by atoms with Crippen molar-refractivity contribution < 1.29 is 47.5 Å². The number of fused-ring (bicyclic) bond motifs is 1. The SMILES string of the molecule is CC1(C)O[C@@H]2[C@@H](CNC(=O)c3ccc(OCc4ccccc4)c(OCc4ccccc4)c3)O[C@@H](OCc3ccccc3)[C@]2(CNC(=O)c2ccc(OCc3ccccc3)c(OCc3ccccc3)c2)O1. The molecule has 2 heterocycles. The van der Waals surface area contributed by atoms with Crippen molar-refractivity contribution in [3.8, 4) is 23.0 Å². The van der Waals surface area contributed by atoms with Gasteiger partial charge in [0.25, 0.3) is 11.8 Å². The van der Waals surface area contributed by atoms with Crippen LogP contribution in [0.5, 0.6) is 23.0 Å². The van der Waals surface area contributed by atoms with Gasteiger partial charge in [0.05, 0.1) is 13.2 Å². The summed E-state index contributed by atoms with van der Waals surface area (Å²) in [6, 6.07) is 59.2. The number of hydrogen-bond donors (Lipinski definition) is 2. The molecule has 2 amide bonds. The van der Waals surface area contributed by atoms with Crippen LogP contribution in [-0.2, 0) is 52.0 Å². The van der Waals surface area contributed by atoms with Crippen LogP contribution in [0, 0.1) is 0 Å². The molecule has 0 bridgehead atoms. The lowest BCUT2D eigenvalue weighted by atomic mass is 9.94. The molecule has 12 nitrogen and oxygen atoms in total. The molecule has 2 aliphatic heterocycles. The van der Waals surface area contributed by atoms with E-state index < -0.39 is 29.9 Å². The molecule has 70 heavy (non-hydrogen) atoms. The van der Waals surface area contributed by atoms with Crippen molar-refractivity contribution in [2.24, 2.45) is 0 Å². The number of hydrogen-bond acceptors (Lipinski definition) is 10. The molecule has 0 aromatic heterocycles. The Labute approximate surface area is 408 Å². The third-order valence-electron chi connectivity index (χ3n) is 12.0. The van der Waals surface area contributed by atoms with Crippen LogP contribution >= 0.6 is 0 Å². The molecule has 2 aliphatic rings. The van der Waals surface area contributed by atoms with E-state index in [-0.39, 0.29) is 44.7 Å². The molecule has 4 atom stereocenters. The van der Waals surface area contributed by atoms with Crippen molar-refractivity contribution in [2.75, 3.05) is 13.1 Å². The molecule has 12 heteroatoms. The van der Waals surface area contributed by atoms with E-state index in [9.17, 15) is 9.59 Å². The van der Waals surface area contributed by atoms with Crippen molar-refractivity contribution in [1.29, 1.82) is 0 Å². The summed E-state index contributed by atoms with van der Waals surface area (Å²) in [5.74, 6) is -0.0214. The molecule has 358 valence electrons. The van der Waals surface area contributed by atoms with Crippen LogP contribution in [-0.4, -0.2) is 54.8 Å². The smallest absolute Gasteiger partial charge is 0.251 e. The second-order valence-corrected chi connectivity index (χ2v) is 17.6. The lowest BCUT2D eigenvalue weighted by Gasteiger charge is -2.33. The fourth-order valence-corrected chi connectivity index (χ4v) is 8.48. The summed E-state index contributed by atoms with van der Waals surface area (Å²) >= 11 is 0. The van der Waals surface area contributed by atoms with Crippen LogP contribution in [0.15, 0.2) is 188 Å². The lowest BCUT2D eigenvalue weighted by molar-refractivity contribution is -0.260. The number of ether oxygens (including phenoxy) is 8. The minimum absolute atomic E-state index is 0.0306. The summed E-state index contributed by atoms with van der Waals surface area (Å²) in [5, 5.41) is 6.15. The van der Waals surface area contributed by atoms with E-state index in [2.05, 4.69) is 10.6 Å². The van der Waals surface area contributed by atoms with E-state index in [0.29, 0.717) is 47.3 Å². The van der Waals surface area contributed by atoms with Crippen LogP contribution in [0.3, 0.4) is 0 Å². The van der Waals surface area contributed by atoms with Gasteiger partial charge in [-0.05, 0) is 78.1 Å². The van der Waals surface area contributed by atoms with E-state index in [1.807, 2.05) is 166 Å². The highest BCUT2D eigenvalue weighted by molar-refractivity contribution is 5.95. The normalized spacial score (nSPS) is 18.9. The first-order chi connectivity index (χ1) is 34.2. The molecular formula is C58H56N2O10. The standard InChI is InChI=1S/C58H56N2O10/c1-57(2)69-53-52(34-59-54(61)46-28-30-48(63-35-41-18-8-3-9-19-41)50(32-46)65-37-43-22-12-5-13-23-43)68-56(67-39-45-26-16-7-17-27-45)58(53,70-57)40-60-55(62)47-29-31-49(64-36-42-20-10-4-11-21-42)51(33-47)66-38-44-24-14-6-15-25-44/h3-33,52-53,56H,34-40H2,1-2H3,(H,59,61)(H,60,62)/t52-,53-,56-,58-/m1/s1. The molecule has 0 aliphatic carbocycles. The van der Waals surface area contributed by atoms with Crippen LogP contribution < -0.4 is 29.6 Å². The van der Waals surface area contributed by atoms with Crippen molar-refractivity contribution in [2.45, 2.75) is 76.8 Å². The predicted octanol–water partition coefficient (Wildman–Crippen LogP) is 9.99. The minimum Gasteiger partial charge on any atom is -0.485 e. The van der Waals surface area contributed by atoms with Crippen molar-refractivity contribution >= 4 is 11.8 Å². The van der Waals surface area contributed by atoms with Gasteiger partial charge in [0.15, 0.2) is 40.7 Å². The molecule has 0 radical (unpaired) electrons. The van der Waals surface area contributed by atoms with Gasteiger partial charge in [-0.3, -0.25) is 9.59 Å². The summed E-state index contributed by atoms with van der Waals surface area (Å²) in [7, 11) is 0. The molecule has 2 fully saturated rings. The number of benzene rings is 7. The Morgan fingerprint density at radius 1 is 0.486 bits per heavy atom. The highest BCUT2D eigenvalue weighted by Gasteiger charge is 2.67. The Morgan fingerprint density at radius 2 is 0.871 bits per heavy atom. The van der Waals surface area contributed by atoms with E-state index in [1.54, 1.807) is 36.4 Å². The Bertz CT molecular complexity index is 2800. The zero-order valence-electron chi connectivity index (χ0n) is 39.2. The van der Waals surface area contributed by atoms with Gasteiger partial charge in [0.1, 0.15) is 38.6 Å². The van der Waals surface area contributed by atoms with E-state index in [1.165, 1.54) is 0 Å². The third-order valence-corrected chi connectivity index (χ3v) is 12.0. The van der Waals surface area contributed by atoms with Crippen LogP contribution in [0.4, 0.5) is 0 Å². The van der Waals surface area contributed by atoms with Crippen molar-refractivity contribution in [3.63, 3.8) is 0 Å². The maximum absolute atomic E-state index is 14.2. The largest absolute Gasteiger partial charge is 0.485 e. The van der Waals surface area contributed by atoms with E-state index in [4.69, 9.17) is 37.9 Å². The maximum atomic E-state index is 14.2. The molecule has 7 aromatic carbocycles. The van der Waals surface area contributed by atoms with Gasteiger partial charge in [-0.15, -0.1) is 0 Å². The van der Waals surface area contributed by atoms with Crippen molar-refractivity contribution in [3.05, 3.63) is 227 Å². The molecule has 2 saturated heterocycles. The maximum Gasteiger partial charge on any atom is 0.251 e. The zero-order chi connectivity index (χ0) is 48.2. The Kier molecular flexibility index (Phi) is 15.2. The summed E-state index contributed by atoms with van der Waals surface area (Å²) in [6.45, 7) is 4.97. The highest BCUT2D eigenvalue weighted by atomic mass is 16.8. The van der Waals surface area contributed by atoms with E-state index >= 15 is 0 Å². The van der Waals surface area contributed by atoms with Gasteiger partial charge in [-0.1, -0.05) is 152 Å². The zero-order valence-corrected chi connectivity index (χ0v) is 39.2. The average molecular weight is 941 g/mol. The van der Waals surface area contributed by atoms with Gasteiger partial charge in [0, 0.05) is 17.7 Å². The van der Waals surface area contributed by atoms with Crippen LogP contribution in [0.25, 0.3) is 0 Å². The number of amides is 2. The average Bonchev–Trinajstić information content (AvgIpc) is 3.84. The quantitative estimate of drug-likeness (QED) is 0.0718. The Hall–Kier alpha value is -7.48. The number of nitrogens with one attached hydrogen (secondary N) is 2. The summed E-state index contributed by atoms with van der Waals surface area (Å²) < 4.78 is 51.5. The molecule has 7 aromatic rings. The molecular weight excluding hydrogens is 885 g/mol. The minimum atomic E-state index is -1.33. The molecule has 0 unspecified atom stereocenters. The monoisotopic (exact) mass is 940 g/mol. The van der Waals surface area contributed by atoms with Crippen LogP contribution in [0.2, 0.25) is 0 Å². The van der Waals surface area contributed by atoms with Gasteiger partial charge in [0.2, 0.25) is 0 Å². The third kappa shape index (κ3) is 12.0. The lowest BCUT2D eigenvalue weighted by Crippen LogP contribution is -2.56. The summed E-state index contributed by atoms with van der Waals surface area (Å²) in [6.07, 6.45) is -2.54. The molecule has 0 saturated carbocycles. The first-order valence-electron chi connectivity index (χ1n) is 23.4. The number of carbonyl (C=O) groups excluding carboxylic acids is 2. The van der Waals surface area contributed by atoms with E-state index in [0.717, 1.165) is 27.8 Å². The first-order valence-corrected chi connectivity index (χ1v) is 23.4. The van der Waals surface area contributed by atoms with Gasteiger partial charge < -0.3 is 48.5 Å². The van der Waals surface area contributed by atoms with Gasteiger partial charge in [-0.2, -0.15) is 0 Å². The molecule has 2 N–H and O–H groups in total. The highest BCUT2D eigenvalue weighted by Crippen LogP contribution is 2.47. The predicted molar refractivity (Wildman–Crippen MR) is 263 cm³/mol. The second-order valence-electron chi connectivity index (χ2n) is 17.6. The number of carbonyl (C=O) groups is 2. The Morgan fingerprint density at radius 3 is 1.30 bits per heavy atom. The fourth-order valence-electron chi connectivity index (χ4n) is 8.48. The number of rotatable bonds is 21. The summed E-state index contributed by atoms with van der Waals surface area (Å²) in [4.78, 5) is 28.3. The molecule has 9 rings (SSSR count). The summed E-state index contributed by atoms with van der Waals surface area (Å²) in [5.41, 5.74) is 4.20.